The number of nitrogens with zero attached hydrogens (tertiary/aromatic N) is 1. The Morgan fingerprint density at radius 3 is 2.47 bits per heavy atom. The van der Waals surface area contributed by atoms with Crippen molar-refractivity contribution in [1.29, 1.82) is 0 Å². The monoisotopic (exact) mass is 416 g/mol. The van der Waals surface area contributed by atoms with Crippen LogP contribution in [0.2, 0.25) is 0 Å². The van der Waals surface area contributed by atoms with Gasteiger partial charge in [-0.2, -0.15) is 0 Å². The molecule has 0 aromatic heterocycles. The van der Waals surface area contributed by atoms with Crippen molar-refractivity contribution in [2.24, 2.45) is 0 Å². The number of amides is 4. The van der Waals surface area contributed by atoms with Crippen molar-refractivity contribution >= 4 is 29.6 Å². The number of rotatable bonds is 10. The van der Waals surface area contributed by atoms with Gasteiger partial charge in [0.15, 0.2) is 0 Å². The molecule has 1 fully saturated rings. The number of carboxylic acids is 1. The topological polar surface area (TPSA) is 130 Å². The van der Waals surface area contributed by atoms with E-state index in [1.165, 1.54) is 12.1 Å². The standard InChI is InChI=1S/C21H24N2O7/c24-17-10-9-16(19(27)22-17)23-20(28)14-8-7-13(12-15(14)21(23)29)30-11-5-3-1-2-4-6-18(25)26/h7-8,12,16H,1-6,9-11H2,(H,25,26)(H,22,24,27). The second kappa shape index (κ2) is 9.51. The van der Waals surface area contributed by atoms with E-state index >= 15 is 0 Å². The predicted octanol–water partition coefficient (Wildman–Crippen LogP) is 1.89. The van der Waals surface area contributed by atoms with E-state index < -0.39 is 35.6 Å². The predicted molar refractivity (Wildman–Crippen MR) is 104 cm³/mol. The Morgan fingerprint density at radius 1 is 1.03 bits per heavy atom. The SMILES string of the molecule is O=C(O)CCCCCCCOc1ccc2c(c1)C(=O)N(C1CCC(=O)NC1=O)C2=O. The van der Waals surface area contributed by atoms with E-state index in [1.807, 2.05) is 0 Å². The summed E-state index contributed by atoms with van der Waals surface area (Å²) < 4.78 is 5.68. The van der Waals surface area contributed by atoms with Crippen LogP contribution in [0.15, 0.2) is 18.2 Å². The Labute approximate surface area is 173 Å². The highest BCUT2D eigenvalue weighted by Gasteiger charge is 2.44. The zero-order chi connectivity index (χ0) is 21.7. The lowest BCUT2D eigenvalue weighted by Gasteiger charge is -2.27. The third kappa shape index (κ3) is 4.84. The Bertz CT molecular complexity index is 880. The number of fused-ring (bicyclic) bond motifs is 1. The average molecular weight is 416 g/mol. The fraction of sp³-hybridized carbons (Fsp3) is 0.476. The third-order valence-corrected chi connectivity index (χ3v) is 5.21. The molecule has 2 aliphatic heterocycles. The van der Waals surface area contributed by atoms with Crippen LogP contribution in [-0.2, 0) is 14.4 Å². The number of ether oxygens (including phenoxy) is 1. The maximum Gasteiger partial charge on any atom is 0.303 e. The molecule has 2 aliphatic rings. The molecule has 1 saturated heterocycles. The van der Waals surface area contributed by atoms with E-state index in [1.54, 1.807) is 6.07 Å². The number of carbonyl (C=O) groups excluding carboxylic acids is 4. The molecule has 1 aromatic rings. The normalized spacial score (nSPS) is 18.4. The second-order valence-electron chi connectivity index (χ2n) is 7.41. The third-order valence-electron chi connectivity index (χ3n) is 5.21. The van der Waals surface area contributed by atoms with Crippen molar-refractivity contribution in [3.05, 3.63) is 29.3 Å². The molecule has 0 spiro atoms. The maximum atomic E-state index is 12.8. The molecular weight excluding hydrogens is 392 g/mol. The first-order chi connectivity index (χ1) is 14.4. The molecule has 3 rings (SSSR count). The number of aliphatic carboxylic acids is 1. The molecule has 0 radical (unpaired) electrons. The number of unbranched alkanes of at least 4 members (excludes halogenated alkanes) is 4. The van der Waals surface area contributed by atoms with E-state index in [0.29, 0.717) is 18.8 Å². The minimum atomic E-state index is -0.986. The second-order valence-corrected chi connectivity index (χ2v) is 7.41. The first-order valence-corrected chi connectivity index (χ1v) is 10.1. The lowest BCUT2D eigenvalue weighted by Crippen LogP contribution is -2.54. The average Bonchev–Trinajstić information content (AvgIpc) is 2.94. The number of carbonyl (C=O) groups is 5. The number of hydrogen-bond acceptors (Lipinski definition) is 6. The molecule has 0 bridgehead atoms. The summed E-state index contributed by atoms with van der Waals surface area (Å²) >= 11 is 0. The van der Waals surface area contributed by atoms with E-state index in [-0.39, 0.29) is 30.4 Å². The van der Waals surface area contributed by atoms with Gasteiger partial charge >= 0.3 is 5.97 Å². The van der Waals surface area contributed by atoms with Crippen LogP contribution in [0.1, 0.15) is 72.1 Å². The number of imide groups is 2. The summed E-state index contributed by atoms with van der Waals surface area (Å²) in [7, 11) is 0. The summed E-state index contributed by atoms with van der Waals surface area (Å²) in [6.45, 7) is 0.441. The summed E-state index contributed by atoms with van der Waals surface area (Å²) in [4.78, 5) is 60.2. The first kappa shape index (κ1) is 21.5. The molecule has 9 nitrogen and oxygen atoms in total. The zero-order valence-corrected chi connectivity index (χ0v) is 16.5. The highest BCUT2D eigenvalue weighted by atomic mass is 16.5. The lowest BCUT2D eigenvalue weighted by molar-refractivity contribution is -0.138. The number of piperidine rings is 1. The molecule has 30 heavy (non-hydrogen) atoms. The van der Waals surface area contributed by atoms with Crippen LogP contribution in [0, 0.1) is 0 Å². The van der Waals surface area contributed by atoms with Gasteiger partial charge in [-0.3, -0.25) is 34.2 Å². The van der Waals surface area contributed by atoms with Crippen molar-refractivity contribution in [2.45, 2.75) is 57.4 Å². The fourth-order valence-corrected chi connectivity index (χ4v) is 3.64. The van der Waals surface area contributed by atoms with Crippen LogP contribution in [0.3, 0.4) is 0 Å². The van der Waals surface area contributed by atoms with E-state index in [4.69, 9.17) is 9.84 Å². The van der Waals surface area contributed by atoms with Crippen LogP contribution in [0.25, 0.3) is 0 Å². The zero-order valence-electron chi connectivity index (χ0n) is 16.5. The molecule has 1 aromatic carbocycles. The molecule has 9 heteroatoms. The minimum absolute atomic E-state index is 0.0779. The van der Waals surface area contributed by atoms with Gasteiger partial charge in [-0.15, -0.1) is 0 Å². The summed E-state index contributed by atoms with van der Waals surface area (Å²) in [6, 6.07) is 3.66. The van der Waals surface area contributed by atoms with Crippen LogP contribution < -0.4 is 10.1 Å². The summed E-state index contributed by atoms with van der Waals surface area (Å²) in [5, 5.41) is 10.8. The quantitative estimate of drug-likeness (QED) is 0.440. The van der Waals surface area contributed by atoms with Crippen LogP contribution in [0.4, 0.5) is 0 Å². The number of nitrogens with one attached hydrogen (secondary N) is 1. The number of hydrogen-bond donors (Lipinski definition) is 2. The Morgan fingerprint density at radius 2 is 1.73 bits per heavy atom. The molecule has 1 atom stereocenters. The van der Waals surface area contributed by atoms with Crippen molar-refractivity contribution < 1.29 is 33.8 Å². The van der Waals surface area contributed by atoms with Gasteiger partial charge in [-0.05, 0) is 37.5 Å². The van der Waals surface area contributed by atoms with Crippen molar-refractivity contribution in [3.8, 4) is 5.75 Å². The Hall–Kier alpha value is -3.23. The first-order valence-electron chi connectivity index (χ1n) is 10.1. The van der Waals surface area contributed by atoms with E-state index in [9.17, 15) is 24.0 Å². The van der Waals surface area contributed by atoms with Gasteiger partial charge in [0.25, 0.3) is 11.8 Å². The van der Waals surface area contributed by atoms with Gasteiger partial charge < -0.3 is 9.84 Å². The molecule has 4 amide bonds. The number of benzene rings is 1. The largest absolute Gasteiger partial charge is 0.494 e. The van der Waals surface area contributed by atoms with Gasteiger partial charge in [0.05, 0.1) is 17.7 Å². The molecule has 2 N–H and O–H groups in total. The summed E-state index contributed by atoms with van der Waals surface area (Å²) in [5.74, 6) is -2.47. The molecular formula is C21H24N2O7. The van der Waals surface area contributed by atoms with Gasteiger partial charge in [-0.25, -0.2) is 0 Å². The summed E-state index contributed by atoms with van der Waals surface area (Å²) in [5.41, 5.74) is 0.409. The highest BCUT2D eigenvalue weighted by molar-refractivity contribution is 6.23. The molecule has 2 heterocycles. The van der Waals surface area contributed by atoms with Crippen molar-refractivity contribution in [3.63, 3.8) is 0 Å². The highest BCUT2D eigenvalue weighted by Crippen LogP contribution is 2.30. The van der Waals surface area contributed by atoms with Gasteiger partial charge in [0, 0.05) is 12.8 Å². The van der Waals surface area contributed by atoms with Crippen molar-refractivity contribution in [1.82, 2.24) is 10.2 Å². The van der Waals surface area contributed by atoms with Gasteiger partial charge in [0.1, 0.15) is 11.8 Å². The van der Waals surface area contributed by atoms with Crippen LogP contribution in [-0.4, -0.2) is 52.3 Å². The van der Waals surface area contributed by atoms with Gasteiger partial charge in [0.2, 0.25) is 11.8 Å². The van der Waals surface area contributed by atoms with E-state index in [2.05, 4.69) is 5.32 Å². The molecule has 160 valence electrons. The number of carboxylic acid groups (broad SMARTS) is 1. The van der Waals surface area contributed by atoms with Gasteiger partial charge in [-0.1, -0.05) is 19.3 Å². The molecule has 0 saturated carbocycles. The lowest BCUT2D eigenvalue weighted by atomic mass is 10.0. The minimum Gasteiger partial charge on any atom is -0.494 e. The Kier molecular flexibility index (Phi) is 6.81. The maximum absolute atomic E-state index is 12.8. The van der Waals surface area contributed by atoms with Crippen LogP contribution >= 0.6 is 0 Å². The smallest absolute Gasteiger partial charge is 0.303 e. The fourth-order valence-electron chi connectivity index (χ4n) is 3.64. The Balaban J connectivity index is 1.52. The van der Waals surface area contributed by atoms with Crippen molar-refractivity contribution in [2.75, 3.05) is 6.61 Å². The summed E-state index contributed by atoms with van der Waals surface area (Å²) in [6.07, 6.45) is 4.53. The van der Waals surface area contributed by atoms with Crippen LogP contribution in [0.5, 0.6) is 5.75 Å². The molecule has 1 unspecified atom stereocenters. The molecule has 0 aliphatic carbocycles. The van der Waals surface area contributed by atoms with E-state index in [0.717, 1.165) is 30.6 Å².